The number of carbonyl (C=O) groups excluding carboxylic acids is 2. The van der Waals surface area contributed by atoms with E-state index in [0.29, 0.717) is 5.75 Å². The molecule has 0 aliphatic heterocycles. The van der Waals surface area contributed by atoms with Crippen LogP contribution in [0.1, 0.15) is 13.8 Å². The van der Waals surface area contributed by atoms with Crippen molar-refractivity contribution in [2.24, 2.45) is 11.8 Å². The maximum atomic E-state index is 11.6. The molecule has 7 heteroatoms. The summed E-state index contributed by atoms with van der Waals surface area (Å²) in [5.74, 6) is -0.308. The molecule has 0 rings (SSSR count). The van der Waals surface area contributed by atoms with Crippen LogP contribution < -0.4 is 10.4 Å². The van der Waals surface area contributed by atoms with Crippen molar-refractivity contribution in [2.45, 2.75) is 19.6 Å². The van der Waals surface area contributed by atoms with Crippen molar-refractivity contribution in [1.82, 2.24) is 10.4 Å². The number of thiol groups is 1. The molecule has 0 spiro atoms. The van der Waals surface area contributed by atoms with E-state index >= 15 is 0 Å². The average molecular weight is 268 g/mol. The fourth-order valence-corrected chi connectivity index (χ4v) is 1.81. The van der Waals surface area contributed by atoms with Crippen LogP contribution >= 0.6 is 31.3 Å². The quantitative estimate of drug-likeness (QED) is 0.500. The lowest BCUT2D eigenvalue weighted by atomic mass is 9.97. The molecular weight excluding hydrogens is 250 g/mol. The largest absolute Gasteiger partial charge is 0.341 e. The van der Waals surface area contributed by atoms with Gasteiger partial charge in [0.2, 0.25) is 11.8 Å². The van der Waals surface area contributed by atoms with E-state index in [1.54, 1.807) is 0 Å². The lowest BCUT2D eigenvalue weighted by Crippen LogP contribution is -2.43. The first-order valence-electron chi connectivity index (χ1n) is 4.61. The summed E-state index contributed by atoms with van der Waals surface area (Å²) < 4.78 is 0. The van der Waals surface area contributed by atoms with Crippen LogP contribution in [0, 0.1) is 11.8 Å². The molecule has 0 aliphatic carbocycles. The molecule has 88 valence electrons. The third-order valence-electron chi connectivity index (χ3n) is 2.28. The van der Waals surface area contributed by atoms with Crippen molar-refractivity contribution in [3.05, 3.63) is 0 Å². The third-order valence-corrected chi connectivity index (χ3v) is 3.61. The van der Waals surface area contributed by atoms with Gasteiger partial charge in [-0.15, -0.1) is 9.24 Å². The van der Waals surface area contributed by atoms with Crippen LogP contribution in [-0.2, 0) is 9.59 Å². The van der Waals surface area contributed by atoms with Crippen LogP contribution in [0.2, 0.25) is 0 Å². The van der Waals surface area contributed by atoms with Gasteiger partial charge in [-0.05, 0) is 21.1 Å². The molecule has 0 heterocycles. The van der Waals surface area contributed by atoms with Gasteiger partial charge < -0.3 is 10.4 Å². The Balaban J connectivity index is 4.18. The summed E-state index contributed by atoms with van der Waals surface area (Å²) in [6.07, 6.45) is 0. The Morgan fingerprint density at radius 3 is 2.27 bits per heavy atom. The molecule has 0 aromatic heterocycles. The highest BCUT2D eigenvalue weighted by atomic mass is 32.1. The zero-order valence-electron chi connectivity index (χ0n) is 8.86. The lowest BCUT2D eigenvalue weighted by molar-refractivity contribution is -0.129. The van der Waals surface area contributed by atoms with E-state index in [4.69, 9.17) is 0 Å². The number of nitrogens with one attached hydrogen (secondary N) is 2. The summed E-state index contributed by atoms with van der Waals surface area (Å²) in [6, 6.07) is 0. The molecule has 2 amide bonds. The van der Waals surface area contributed by atoms with E-state index in [0.717, 1.165) is 0 Å². The second-order valence-corrected chi connectivity index (χ2v) is 4.76. The summed E-state index contributed by atoms with van der Waals surface area (Å²) in [4.78, 5) is 22.8. The van der Waals surface area contributed by atoms with Crippen LogP contribution in [0.4, 0.5) is 0 Å². The minimum absolute atomic E-state index is 0.134. The predicted molar refractivity (Wildman–Crippen MR) is 71.7 cm³/mol. The molecule has 0 aromatic rings. The van der Waals surface area contributed by atoms with Crippen molar-refractivity contribution >= 4 is 43.1 Å². The SMILES string of the molecule is CC(CS)C(C)C(=O)N[C@H](P)C(=O)NP. The second-order valence-electron chi connectivity index (χ2n) is 3.44. The fourth-order valence-electron chi connectivity index (χ4n) is 0.857. The van der Waals surface area contributed by atoms with E-state index < -0.39 is 5.78 Å². The normalized spacial score (nSPS) is 16.3. The molecule has 15 heavy (non-hydrogen) atoms. The Hall–Kier alpha value is 0.150. The zero-order chi connectivity index (χ0) is 12.0. The standard InChI is InChI=1S/C8H18N2O2P2S/c1-4(3-15)5(2)6(11)9-8(13)7(12)10-14/h4-5,8,15H,3,13-14H2,1-2H3,(H,9,11)(H,10,12)/t4?,5?,8-/m1/s1. The lowest BCUT2D eigenvalue weighted by Gasteiger charge is -2.19. The molecule has 0 saturated heterocycles. The molecule has 0 bridgehead atoms. The Morgan fingerprint density at radius 2 is 1.87 bits per heavy atom. The Kier molecular flexibility index (Phi) is 7.50. The minimum atomic E-state index is -0.593. The average Bonchev–Trinajstić information content (AvgIpc) is 2.25. The molecule has 0 aliphatic rings. The summed E-state index contributed by atoms with van der Waals surface area (Å²) in [6.45, 7) is 3.77. The highest BCUT2D eigenvalue weighted by Gasteiger charge is 2.22. The molecule has 0 saturated carbocycles. The molecule has 0 fully saturated rings. The smallest absolute Gasteiger partial charge is 0.249 e. The number of amides is 2. The van der Waals surface area contributed by atoms with Gasteiger partial charge in [-0.3, -0.25) is 9.59 Å². The zero-order valence-corrected chi connectivity index (χ0v) is 12.1. The monoisotopic (exact) mass is 268 g/mol. The molecule has 2 N–H and O–H groups in total. The van der Waals surface area contributed by atoms with Crippen LogP contribution in [0.25, 0.3) is 0 Å². The van der Waals surface area contributed by atoms with Gasteiger partial charge in [0.1, 0.15) is 5.78 Å². The van der Waals surface area contributed by atoms with Crippen molar-refractivity contribution in [3.8, 4) is 0 Å². The van der Waals surface area contributed by atoms with Crippen molar-refractivity contribution < 1.29 is 9.59 Å². The van der Waals surface area contributed by atoms with Gasteiger partial charge in [-0.1, -0.05) is 13.8 Å². The summed E-state index contributed by atoms with van der Waals surface area (Å²) in [7, 11) is 4.38. The summed E-state index contributed by atoms with van der Waals surface area (Å²) in [5.41, 5.74) is 0. The van der Waals surface area contributed by atoms with Gasteiger partial charge in [0, 0.05) is 5.92 Å². The summed E-state index contributed by atoms with van der Waals surface area (Å²) >= 11 is 4.13. The Labute approximate surface area is 101 Å². The van der Waals surface area contributed by atoms with Crippen LogP contribution in [-0.4, -0.2) is 23.4 Å². The molecule has 4 nitrogen and oxygen atoms in total. The maximum absolute atomic E-state index is 11.6. The minimum Gasteiger partial charge on any atom is -0.341 e. The number of hydrogen-bond donors (Lipinski definition) is 3. The second kappa shape index (κ2) is 7.43. The van der Waals surface area contributed by atoms with Gasteiger partial charge in [0.15, 0.2) is 0 Å². The van der Waals surface area contributed by atoms with E-state index in [-0.39, 0.29) is 23.7 Å². The predicted octanol–water partition coefficient (Wildman–Crippen LogP) is 0.412. The maximum Gasteiger partial charge on any atom is 0.249 e. The number of carbonyl (C=O) groups is 2. The van der Waals surface area contributed by atoms with Gasteiger partial charge in [0.05, 0.1) is 0 Å². The molecule has 0 aromatic carbocycles. The highest BCUT2D eigenvalue weighted by Crippen LogP contribution is 2.13. The van der Waals surface area contributed by atoms with Crippen LogP contribution in [0.3, 0.4) is 0 Å². The Bertz CT molecular complexity index is 241. The van der Waals surface area contributed by atoms with Crippen molar-refractivity contribution in [3.63, 3.8) is 0 Å². The highest BCUT2D eigenvalue weighted by molar-refractivity contribution is 7.80. The number of hydrogen-bond acceptors (Lipinski definition) is 3. The molecular formula is C8H18N2O2P2S. The van der Waals surface area contributed by atoms with E-state index in [1.165, 1.54) is 0 Å². The molecule has 4 unspecified atom stereocenters. The topological polar surface area (TPSA) is 58.2 Å². The third kappa shape index (κ3) is 5.14. The van der Waals surface area contributed by atoms with Gasteiger partial charge in [-0.25, -0.2) is 0 Å². The first-order valence-corrected chi connectivity index (χ1v) is 6.49. The van der Waals surface area contributed by atoms with Crippen molar-refractivity contribution in [2.75, 3.05) is 5.75 Å². The summed E-state index contributed by atoms with van der Waals surface area (Å²) in [5, 5.41) is 4.99. The fraction of sp³-hybridized carbons (Fsp3) is 0.750. The van der Waals surface area contributed by atoms with E-state index in [1.807, 2.05) is 13.8 Å². The first kappa shape index (κ1) is 15.2. The van der Waals surface area contributed by atoms with Gasteiger partial charge in [-0.2, -0.15) is 12.6 Å². The van der Waals surface area contributed by atoms with Crippen LogP contribution in [0.5, 0.6) is 0 Å². The Morgan fingerprint density at radius 1 is 1.33 bits per heavy atom. The molecule has 0 radical (unpaired) electrons. The first-order chi connectivity index (χ1) is 6.93. The van der Waals surface area contributed by atoms with Gasteiger partial charge >= 0.3 is 0 Å². The van der Waals surface area contributed by atoms with Gasteiger partial charge in [0.25, 0.3) is 0 Å². The van der Waals surface area contributed by atoms with E-state index in [2.05, 4.69) is 41.7 Å². The van der Waals surface area contributed by atoms with Crippen LogP contribution in [0.15, 0.2) is 0 Å². The van der Waals surface area contributed by atoms with Crippen molar-refractivity contribution in [1.29, 1.82) is 0 Å². The van der Waals surface area contributed by atoms with E-state index in [9.17, 15) is 9.59 Å². The number of rotatable bonds is 5. The molecule has 5 atom stereocenters.